The van der Waals surface area contributed by atoms with Crippen LogP contribution in [0, 0.1) is 0 Å². The van der Waals surface area contributed by atoms with Gasteiger partial charge in [0.1, 0.15) is 6.42 Å². The first-order valence-electron chi connectivity index (χ1n) is 7.87. The minimum atomic E-state index is -0.305. The molecule has 1 aliphatic heterocycles. The fourth-order valence-corrected chi connectivity index (χ4v) is 2.63. The monoisotopic (exact) mass is 317 g/mol. The number of hydrogen-bond acceptors (Lipinski definition) is 3. The first-order chi connectivity index (χ1) is 11.0. The number of anilines is 1. The van der Waals surface area contributed by atoms with Gasteiger partial charge in [0.2, 0.25) is 18.2 Å². The summed E-state index contributed by atoms with van der Waals surface area (Å²) in [6.07, 6.45) is 0.616. The van der Waals surface area contributed by atoms with Gasteiger partial charge in [-0.25, -0.2) is 0 Å². The first kappa shape index (κ1) is 17.0. The van der Waals surface area contributed by atoms with E-state index in [1.165, 1.54) is 0 Å². The normalized spacial score (nSPS) is 14.7. The van der Waals surface area contributed by atoms with Gasteiger partial charge in [-0.15, -0.1) is 0 Å². The van der Waals surface area contributed by atoms with Crippen molar-refractivity contribution in [3.8, 4) is 0 Å². The van der Waals surface area contributed by atoms with E-state index in [1.807, 2.05) is 24.3 Å². The maximum absolute atomic E-state index is 12.2. The van der Waals surface area contributed by atoms with Crippen LogP contribution in [0.1, 0.15) is 31.7 Å². The van der Waals surface area contributed by atoms with Crippen molar-refractivity contribution in [3.63, 3.8) is 0 Å². The van der Waals surface area contributed by atoms with Gasteiger partial charge < -0.3 is 15.1 Å². The zero-order valence-corrected chi connectivity index (χ0v) is 13.6. The number of carbonyl (C=O) groups is 3. The summed E-state index contributed by atoms with van der Waals surface area (Å²) in [7, 11) is 0. The van der Waals surface area contributed by atoms with Crippen molar-refractivity contribution in [2.45, 2.75) is 26.2 Å². The number of rotatable bonds is 5. The first-order valence-corrected chi connectivity index (χ1v) is 7.87. The molecule has 0 atom stereocenters. The smallest absolute Gasteiger partial charge is 0.233 e. The summed E-state index contributed by atoms with van der Waals surface area (Å²) in [4.78, 5) is 38.2. The van der Waals surface area contributed by atoms with E-state index in [0.29, 0.717) is 32.1 Å². The van der Waals surface area contributed by atoms with Crippen LogP contribution in [0.25, 0.3) is 0 Å². The van der Waals surface area contributed by atoms with Crippen molar-refractivity contribution >= 4 is 23.9 Å². The highest BCUT2D eigenvalue weighted by Crippen LogP contribution is 2.23. The molecule has 0 spiro atoms. The zero-order valence-electron chi connectivity index (χ0n) is 13.6. The minimum Gasteiger partial charge on any atom is -0.342 e. The third kappa shape index (κ3) is 4.55. The van der Waals surface area contributed by atoms with Crippen LogP contribution in [-0.4, -0.2) is 54.2 Å². The largest absolute Gasteiger partial charge is 0.342 e. The van der Waals surface area contributed by atoms with E-state index in [1.54, 1.807) is 9.80 Å². The number of carbonyl (C=O) groups excluding carboxylic acids is 3. The number of nitrogens with one attached hydrogen (secondary N) is 1. The molecule has 1 aliphatic rings. The molecule has 1 aromatic carbocycles. The average Bonchev–Trinajstić information content (AvgIpc) is 2.55. The Balaban J connectivity index is 1.90. The maximum Gasteiger partial charge on any atom is 0.233 e. The van der Waals surface area contributed by atoms with Crippen LogP contribution < -0.4 is 5.32 Å². The Morgan fingerprint density at radius 1 is 1.17 bits per heavy atom. The number of para-hydroxylation sites is 1. The van der Waals surface area contributed by atoms with Gasteiger partial charge in [-0.1, -0.05) is 32.0 Å². The molecule has 6 heteroatoms. The number of hydrogen-bond donors (Lipinski definition) is 1. The summed E-state index contributed by atoms with van der Waals surface area (Å²) in [6.45, 7) is 6.12. The van der Waals surface area contributed by atoms with Gasteiger partial charge in [0.15, 0.2) is 0 Å². The van der Waals surface area contributed by atoms with Crippen molar-refractivity contribution in [3.05, 3.63) is 29.8 Å². The van der Waals surface area contributed by atoms with Crippen LogP contribution in [0.4, 0.5) is 5.69 Å². The predicted octanol–water partition coefficient (Wildman–Crippen LogP) is 1.44. The molecule has 1 saturated heterocycles. The van der Waals surface area contributed by atoms with E-state index in [4.69, 9.17) is 0 Å². The van der Waals surface area contributed by atoms with E-state index in [9.17, 15) is 14.4 Å². The van der Waals surface area contributed by atoms with Crippen LogP contribution in [0.3, 0.4) is 0 Å². The zero-order chi connectivity index (χ0) is 16.8. The van der Waals surface area contributed by atoms with Crippen molar-refractivity contribution in [1.29, 1.82) is 0 Å². The predicted molar refractivity (Wildman–Crippen MR) is 88.0 cm³/mol. The Hall–Kier alpha value is -2.37. The summed E-state index contributed by atoms with van der Waals surface area (Å²) in [5, 5.41) is 2.83. The quantitative estimate of drug-likeness (QED) is 0.660. The molecular formula is C17H23N3O3. The molecule has 0 saturated carbocycles. The molecule has 1 N–H and O–H groups in total. The van der Waals surface area contributed by atoms with Crippen LogP contribution in [0.5, 0.6) is 0 Å². The lowest BCUT2D eigenvalue weighted by atomic mass is 10.0. The molecule has 23 heavy (non-hydrogen) atoms. The van der Waals surface area contributed by atoms with Gasteiger partial charge in [0, 0.05) is 31.9 Å². The highest BCUT2D eigenvalue weighted by molar-refractivity contribution is 6.03. The standard InChI is InChI=1S/C17H23N3O3/c1-13(2)14-5-3-4-6-15(14)18-16(22)11-17(23)20-9-7-19(12-21)8-10-20/h3-6,12-13H,7-11H2,1-2H3,(H,18,22). The van der Waals surface area contributed by atoms with Crippen LogP contribution >= 0.6 is 0 Å². The van der Waals surface area contributed by atoms with Gasteiger partial charge in [-0.3, -0.25) is 14.4 Å². The Bertz CT molecular complexity index is 578. The molecule has 0 bridgehead atoms. The molecule has 0 aliphatic carbocycles. The fraction of sp³-hybridized carbons (Fsp3) is 0.471. The van der Waals surface area contributed by atoms with Gasteiger partial charge in [0.05, 0.1) is 0 Å². The molecule has 2 rings (SSSR count). The SMILES string of the molecule is CC(C)c1ccccc1NC(=O)CC(=O)N1CCN(C=O)CC1. The van der Waals surface area contributed by atoms with E-state index < -0.39 is 0 Å². The second-order valence-electron chi connectivity index (χ2n) is 5.99. The molecule has 124 valence electrons. The fourth-order valence-electron chi connectivity index (χ4n) is 2.63. The highest BCUT2D eigenvalue weighted by Gasteiger charge is 2.22. The lowest BCUT2D eigenvalue weighted by molar-refractivity contribution is -0.137. The lowest BCUT2D eigenvalue weighted by Crippen LogP contribution is -2.48. The number of amides is 3. The van der Waals surface area contributed by atoms with Gasteiger partial charge >= 0.3 is 0 Å². The van der Waals surface area contributed by atoms with Crippen LogP contribution in [0.2, 0.25) is 0 Å². The minimum absolute atomic E-state index is 0.173. The van der Waals surface area contributed by atoms with E-state index in [0.717, 1.165) is 17.7 Å². The van der Waals surface area contributed by atoms with Crippen LogP contribution in [0.15, 0.2) is 24.3 Å². The van der Waals surface area contributed by atoms with Crippen molar-refractivity contribution in [2.24, 2.45) is 0 Å². The summed E-state index contributed by atoms with van der Waals surface area (Å²) >= 11 is 0. The lowest BCUT2D eigenvalue weighted by Gasteiger charge is -2.32. The topological polar surface area (TPSA) is 69.7 Å². The number of nitrogens with zero attached hydrogens (tertiary/aromatic N) is 2. The third-order valence-electron chi connectivity index (χ3n) is 3.98. The molecule has 1 heterocycles. The molecular weight excluding hydrogens is 294 g/mol. The third-order valence-corrected chi connectivity index (χ3v) is 3.98. The molecule has 0 radical (unpaired) electrons. The van der Waals surface area contributed by atoms with E-state index in [-0.39, 0.29) is 18.2 Å². The van der Waals surface area contributed by atoms with Gasteiger partial charge in [0.25, 0.3) is 0 Å². The summed E-state index contributed by atoms with van der Waals surface area (Å²) in [5.41, 5.74) is 1.80. The van der Waals surface area contributed by atoms with Crippen molar-refractivity contribution < 1.29 is 14.4 Å². The summed E-state index contributed by atoms with van der Waals surface area (Å²) < 4.78 is 0. The van der Waals surface area contributed by atoms with E-state index >= 15 is 0 Å². The molecule has 1 aromatic rings. The number of benzene rings is 1. The second kappa shape index (κ2) is 7.76. The number of piperazine rings is 1. The van der Waals surface area contributed by atoms with Crippen LogP contribution in [-0.2, 0) is 14.4 Å². The summed E-state index contributed by atoms with van der Waals surface area (Å²) in [5.74, 6) is -0.213. The molecule has 3 amide bonds. The average molecular weight is 317 g/mol. The van der Waals surface area contributed by atoms with Gasteiger partial charge in [-0.05, 0) is 17.5 Å². The molecule has 0 aromatic heterocycles. The van der Waals surface area contributed by atoms with Gasteiger partial charge in [-0.2, -0.15) is 0 Å². The Morgan fingerprint density at radius 3 is 2.43 bits per heavy atom. The molecule has 1 fully saturated rings. The van der Waals surface area contributed by atoms with Crippen molar-refractivity contribution in [2.75, 3.05) is 31.5 Å². The Labute approximate surface area is 136 Å². The maximum atomic E-state index is 12.2. The molecule has 6 nitrogen and oxygen atoms in total. The van der Waals surface area contributed by atoms with E-state index in [2.05, 4.69) is 19.2 Å². The molecule has 0 unspecified atom stereocenters. The Morgan fingerprint density at radius 2 is 1.83 bits per heavy atom. The second-order valence-corrected chi connectivity index (χ2v) is 5.99. The highest BCUT2D eigenvalue weighted by atomic mass is 16.2. The van der Waals surface area contributed by atoms with Crippen molar-refractivity contribution in [1.82, 2.24) is 9.80 Å². The Kier molecular flexibility index (Phi) is 5.73. The summed E-state index contributed by atoms with van der Waals surface area (Å²) in [6, 6.07) is 7.62.